The lowest BCUT2D eigenvalue weighted by atomic mass is 9.87. The maximum absolute atomic E-state index is 13.4. The fourth-order valence-corrected chi connectivity index (χ4v) is 5.71. The van der Waals surface area contributed by atoms with Crippen LogP contribution in [0.25, 0.3) is 22.0 Å². The Balaban J connectivity index is 1.33. The van der Waals surface area contributed by atoms with Crippen LogP contribution in [0.3, 0.4) is 0 Å². The summed E-state index contributed by atoms with van der Waals surface area (Å²) in [6, 6.07) is 13.5. The van der Waals surface area contributed by atoms with Gasteiger partial charge in [0.15, 0.2) is 0 Å². The van der Waals surface area contributed by atoms with Crippen molar-refractivity contribution < 1.29 is 19.2 Å². The van der Waals surface area contributed by atoms with E-state index in [1.54, 1.807) is 12.1 Å². The first-order valence-electron chi connectivity index (χ1n) is 12.6. The van der Waals surface area contributed by atoms with Gasteiger partial charge in [0, 0.05) is 41.7 Å². The molecule has 2 N–H and O–H groups in total. The average molecular weight is 506 g/mol. The maximum atomic E-state index is 13.4. The van der Waals surface area contributed by atoms with Crippen LogP contribution in [0, 0.1) is 0 Å². The van der Waals surface area contributed by atoms with Crippen LogP contribution in [-0.2, 0) is 4.74 Å². The average Bonchev–Trinajstić information content (AvgIpc) is 3.53. The number of hydrogen-bond acceptors (Lipinski definition) is 6. The van der Waals surface area contributed by atoms with Crippen LogP contribution in [0.5, 0.6) is 5.88 Å². The third kappa shape index (κ3) is 4.27. The first-order valence-corrected chi connectivity index (χ1v) is 12.9. The molecular formula is C28H28ClN3O4. The molecule has 1 saturated heterocycles. The number of halogens is 1. The van der Waals surface area contributed by atoms with Crippen molar-refractivity contribution in [2.75, 3.05) is 31.2 Å². The Hall–Kier alpha value is -3.29. The van der Waals surface area contributed by atoms with E-state index >= 15 is 0 Å². The summed E-state index contributed by atoms with van der Waals surface area (Å²) in [5.41, 5.74) is 4.42. The van der Waals surface area contributed by atoms with Gasteiger partial charge in [0.25, 0.3) is 0 Å². The second-order valence-electron chi connectivity index (χ2n) is 9.65. The first kappa shape index (κ1) is 23.1. The molecule has 2 aliphatic rings. The number of aromatic amines is 1. The molecule has 1 saturated carbocycles. The molecule has 186 valence electrons. The Morgan fingerprint density at radius 2 is 1.81 bits per heavy atom. The molecule has 8 heteroatoms. The van der Waals surface area contributed by atoms with Crippen molar-refractivity contribution in [3.63, 3.8) is 0 Å². The lowest BCUT2D eigenvalue weighted by Gasteiger charge is -2.29. The van der Waals surface area contributed by atoms with E-state index in [0.29, 0.717) is 21.8 Å². The second-order valence-corrected chi connectivity index (χ2v) is 10.1. The van der Waals surface area contributed by atoms with E-state index < -0.39 is 5.78 Å². The summed E-state index contributed by atoms with van der Waals surface area (Å²) in [5, 5.41) is 16.0. The van der Waals surface area contributed by atoms with Gasteiger partial charge in [-0.3, -0.25) is 4.79 Å². The number of hydrogen-bond donors (Lipinski definition) is 2. The maximum Gasteiger partial charge on any atom is 0.237 e. The molecule has 0 radical (unpaired) electrons. The number of benzene rings is 2. The van der Waals surface area contributed by atoms with Crippen molar-refractivity contribution in [2.24, 2.45) is 0 Å². The van der Waals surface area contributed by atoms with E-state index in [-0.39, 0.29) is 17.2 Å². The first-order chi connectivity index (χ1) is 17.6. The van der Waals surface area contributed by atoms with E-state index in [2.05, 4.69) is 27.2 Å². The van der Waals surface area contributed by atoms with Crippen molar-refractivity contribution in [3.8, 4) is 17.0 Å². The monoisotopic (exact) mass is 505 g/mol. The largest absolute Gasteiger partial charge is 0.494 e. The number of fused-ring (bicyclic) bond motifs is 1. The zero-order valence-corrected chi connectivity index (χ0v) is 20.7. The summed E-state index contributed by atoms with van der Waals surface area (Å²) in [6.45, 7) is 3.19. The van der Waals surface area contributed by atoms with Crippen molar-refractivity contribution in [1.29, 1.82) is 0 Å². The van der Waals surface area contributed by atoms with Crippen molar-refractivity contribution >= 4 is 34.0 Å². The number of carbonyl (C=O) groups excluding carboxylic acids is 1. The molecule has 2 fully saturated rings. The highest BCUT2D eigenvalue weighted by Crippen LogP contribution is 2.38. The van der Waals surface area contributed by atoms with Gasteiger partial charge in [0.05, 0.1) is 35.0 Å². The summed E-state index contributed by atoms with van der Waals surface area (Å²) in [6.07, 6.45) is 5.70. The van der Waals surface area contributed by atoms with Gasteiger partial charge in [0.2, 0.25) is 17.4 Å². The van der Waals surface area contributed by atoms with Crippen LogP contribution >= 0.6 is 11.6 Å². The number of ketones is 1. The molecule has 1 aliphatic heterocycles. The van der Waals surface area contributed by atoms with Gasteiger partial charge in [-0.2, -0.15) is 0 Å². The highest BCUT2D eigenvalue weighted by Gasteiger charge is 2.27. The van der Waals surface area contributed by atoms with Gasteiger partial charge < -0.3 is 24.3 Å². The minimum absolute atomic E-state index is 0.137. The molecule has 3 heterocycles. The quantitative estimate of drug-likeness (QED) is 0.309. The van der Waals surface area contributed by atoms with E-state index in [0.717, 1.165) is 61.7 Å². The summed E-state index contributed by atoms with van der Waals surface area (Å²) in [7, 11) is 0. The fraction of sp³-hybridized carbons (Fsp3) is 0.357. The summed E-state index contributed by atoms with van der Waals surface area (Å²) in [4.78, 5) is 18.6. The smallest absolute Gasteiger partial charge is 0.237 e. The van der Waals surface area contributed by atoms with E-state index in [4.69, 9.17) is 20.9 Å². The molecule has 1 aliphatic carbocycles. The van der Waals surface area contributed by atoms with Crippen LogP contribution in [0.15, 0.2) is 47.0 Å². The van der Waals surface area contributed by atoms with Crippen LogP contribution in [0.2, 0.25) is 5.02 Å². The number of ether oxygens (including phenoxy) is 1. The second kappa shape index (κ2) is 9.64. The molecule has 7 nitrogen and oxygen atoms in total. The molecular weight excluding hydrogens is 478 g/mol. The van der Waals surface area contributed by atoms with Gasteiger partial charge in [-0.25, -0.2) is 0 Å². The number of rotatable bonds is 5. The Labute approximate surface area is 214 Å². The molecule has 2 aromatic heterocycles. The lowest BCUT2D eigenvalue weighted by Crippen LogP contribution is -2.36. The third-order valence-corrected chi connectivity index (χ3v) is 7.74. The number of nitrogens with one attached hydrogen (secondary N) is 1. The van der Waals surface area contributed by atoms with Gasteiger partial charge >= 0.3 is 0 Å². The highest BCUT2D eigenvalue weighted by molar-refractivity contribution is 6.34. The van der Waals surface area contributed by atoms with Gasteiger partial charge in [-0.15, -0.1) is 0 Å². The molecule has 6 rings (SSSR count). The molecule has 0 amide bonds. The van der Waals surface area contributed by atoms with Crippen LogP contribution < -0.4 is 4.90 Å². The molecule has 36 heavy (non-hydrogen) atoms. The summed E-state index contributed by atoms with van der Waals surface area (Å²) >= 11 is 6.63. The Morgan fingerprint density at radius 3 is 2.56 bits per heavy atom. The third-order valence-electron chi connectivity index (χ3n) is 7.42. The molecule has 0 spiro atoms. The number of nitrogens with zero attached hydrogens (tertiary/aromatic N) is 2. The predicted octanol–water partition coefficient (Wildman–Crippen LogP) is 6.30. The molecule has 0 unspecified atom stereocenters. The van der Waals surface area contributed by atoms with Crippen molar-refractivity contribution in [3.05, 3.63) is 64.5 Å². The van der Waals surface area contributed by atoms with E-state index in [1.807, 2.05) is 18.2 Å². The number of aromatic nitrogens is 2. The predicted molar refractivity (Wildman–Crippen MR) is 139 cm³/mol. The number of anilines is 1. The topological polar surface area (TPSA) is 91.6 Å². The van der Waals surface area contributed by atoms with E-state index in [1.165, 1.54) is 19.3 Å². The van der Waals surface area contributed by atoms with Crippen LogP contribution in [0.4, 0.5) is 5.69 Å². The lowest BCUT2D eigenvalue weighted by molar-refractivity contribution is 0.0999. The zero-order chi connectivity index (χ0) is 24.6. The molecule has 0 atom stereocenters. The standard InChI is InChI=1S/C28H28ClN3O4/c29-22-15-24-21(14-20(22)17-6-8-19(9-7-17)32-10-12-35-13-11-32)26(28(34)30-24)27(33)25-16-23(31-36-25)18-4-2-1-3-5-18/h6-9,14-16,18,30,34H,1-5,10-13H2. The van der Waals surface area contributed by atoms with E-state index in [9.17, 15) is 9.90 Å². The van der Waals surface area contributed by atoms with Gasteiger partial charge in [0.1, 0.15) is 0 Å². The van der Waals surface area contributed by atoms with Crippen LogP contribution in [-0.4, -0.2) is 47.3 Å². The number of morpholine rings is 1. The number of H-pyrrole nitrogens is 1. The Morgan fingerprint density at radius 1 is 1.06 bits per heavy atom. The van der Waals surface area contributed by atoms with Gasteiger partial charge in [-0.1, -0.05) is 48.2 Å². The zero-order valence-electron chi connectivity index (χ0n) is 19.9. The molecule has 0 bridgehead atoms. The Kier molecular flexibility index (Phi) is 6.19. The highest BCUT2D eigenvalue weighted by atomic mass is 35.5. The number of carbonyl (C=O) groups is 1. The van der Waals surface area contributed by atoms with Gasteiger partial charge in [-0.05, 0) is 42.7 Å². The molecule has 2 aromatic carbocycles. The minimum Gasteiger partial charge on any atom is -0.494 e. The van der Waals surface area contributed by atoms with Crippen molar-refractivity contribution in [2.45, 2.75) is 38.0 Å². The minimum atomic E-state index is -0.399. The van der Waals surface area contributed by atoms with Crippen molar-refractivity contribution in [1.82, 2.24) is 10.1 Å². The fourth-order valence-electron chi connectivity index (χ4n) is 5.44. The summed E-state index contributed by atoms with van der Waals surface area (Å²) < 4.78 is 10.9. The number of aromatic hydroxyl groups is 1. The van der Waals surface area contributed by atoms with Crippen LogP contribution in [0.1, 0.15) is 59.8 Å². The summed E-state index contributed by atoms with van der Waals surface area (Å²) in [5.74, 6) is -0.143. The Bertz CT molecular complexity index is 1400. The SMILES string of the molecule is O=C(c1cc(C2CCCCC2)no1)c1c(O)[nH]c2cc(Cl)c(-c3ccc(N4CCOCC4)cc3)cc12. The normalized spacial score (nSPS) is 17.1. The molecule has 4 aromatic rings.